The van der Waals surface area contributed by atoms with Gasteiger partial charge in [-0.2, -0.15) is 0 Å². The summed E-state index contributed by atoms with van der Waals surface area (Å²) in [5, 5.41) is 11.0. The highest BCUT2D eigenvalue weighted by Gasteiger charge is 2.18. The summed E-state index contributed by atoms with van der Waals surface area (Å²) in [6, 6.07) is 7.35. The standard InChI is InChI=1S/C12H15N5O2S2/c1-3-20-17(12(18)19-21-4-2)11-7-5-10(6-8-11)16-9-13-14-15-16/h5-9H,3-4H2,1-2H3. The Kier molecular flexibility index (Phi) is 5.88. The lowest BCUT2D eigenvalue weighted by atomic mass is 10.3. The fourth-order valence-corrected chi connectivity index (χ4v) is 2.54. The molecular formula is C12H15N5O2S2. The minimum Gasteiger partial charge on any atom is -0.374 e. The SMILES string of the molecule is CCSOC(=O)N(SCC)c1ccc(-n2cnnn2)cc1. The Morgan fingerprint density at radius 3 is 2.62 bits per heavy atom. The van der Waals surface area contributed by atoms with Crippen LogP contribution in [0.15, 0.2) is 30.6 Å². The number of carbonyl (C=O) groups is 1. The van der Waals surface area contributed by atoms with Crippen LogP contribution >= 0.6 is 24.0 Å². The zero-order valence-electron chi connectivity index (χ0n) is 11.7. The van der Waals surface area contributed by atoms with E-state index >= 15 is 0 Å². The van der Waals surface area contributed by atoms with Gasteiger partial charge in [0, 0.05) is 11.5 Å². The number of benzene rings is 1. The van der Waals surface area contributed by atoms with E-state index in [0.29, 0.717) is 5.75 Å². The van der Waals surface area contributed by atoms with Crippen LogP contribution in [0.5, 0.6) is 0 Å². The third kappa shape index (κ3) is 4.11. The minimum absolute atomic E-state index is 0.385. The van der Waals surface area contributed by atoms with Crippen LogP contribution in [0.2, 0.25) is 0 Å². The smallest absolute Gasteiger partial charge is 0.374 e. The highest BCUT2D eigenvalue weighted by Crippen LogP contribution is 2.25. The lowest BCUT2D eigenvalue weighted by Crippen LogP contribution is -2.23. The molecule has 0 saturated heterocycles. The molecule has 1 aromatic heterocycles. The molecule has 112 valence electrons. The predicted octanol–water partition coefficient (Wildman–Crippen LogP) is 2.94. The summed E-state index contributed by atoms with van der Waals surface area (Å²) in [5.74, 6) is 1.48. The topological polar surface area (TPSA) is 73.1 Å². The zero-order chi connectivity index (χ0) is 15.1. The highest BCUT2D eigenvalue weighted by atomic mass is 32.2. The van der Waals surface area contributed by atoms with E-state index in [1.165, 1.54) is 22.6 Å². The molecule has 7 nitrogen and oxygen atoms in total. The van der Waals surface area contributed by atoms with Crippen LogP contribution in [0, 0.1) is 0 Å². The van der Waals surface area contributed by atoms with Gasteiger partial charge in [0.15, 0.2) is 0 Å². The molecule has 0 N–H and O–H groups in total. The van der Waals surface area contributed by atoms with Gasteiger partial charge in [-0.25, -0.2) is 13.8 Å². The highest BCUT2D eigenvalue weighted by molar-refractivity contribution is 8.01. The van der Waals surface area contributed by atoms with Crippen LogP contribution in [-0.4, -0.2) is 37.8 Å². The average molecular weight is 325 g/mol. The Bertz CT molecular complexity index is 562. The van der Waals surface area contributed by atoms with Crippen molar-refractivity contribution in [3.63, 3.8) is 0 Å². The molecule has 0 bridgehead atoms. The fourth-order valence-electron chi connectivity index (χ4n) is 1.53. The van der Waals surface area contributed by atoms with E-state index in [4.69, 9.17) is 4.18 Å². The van der Waals surface area contributed by atoms with Crippen molar-refractivity contribution >= 4 is 35.8 Å². The van der Waals surface area contributed by atoms with Gasteiger partial charge in [-0.05, 0) is 46.6 Å². The molecule has 0 aliphatic heterocycles. The maximum atomic E-state index is 12.0. The van der Waals surface area contributed by atoms with Gasteiger partial charge in [0.1, 0.15) is 6.33 Å². The van der Waals surface area contributed by atoms with E-state index in [1.54, 1.807) is 4.68 Å². The van der Waals surface area contributed by atoms with Crippen LogP contribution < -0.4 is 4.31 Å². The van der Waals surface area contributed by atoms with Crippen molar-refractivity contribution < 1.29 is 8.98 Å². The number of aromatic nitrogens is 4. The molecule has 0 aliphatic carbocycles. The Balaban J connectivity index is 2.14. The first-order valence-corrected chi connectivity index (χ1v) is 8.21. The molecule has 1 heterocycles. The largest absolute Gasteiger partial charge is 0.436 e. The Morgan fingerprint density at radius 2 is 2.05 bits per heavy atom. The van der Waals surface area contributed by atoms with E-state index in [1.807, 2.05) is 38.1 Å². The van der Waals surface area contributed by atoms with Gasteiger partial charge in [-0.3, -0.25) is 0 Å². The van der Waals surface area contributed by atoms with Crippen molar-refractivity contribution in [2.45, 2.75) is 13.8 Å². The molecule has 1 amide bonds. The van der Waals surface area contributed by atoms with Gasteiger partial charge >= 0.3 is 6.09 Å². The third-order valence-electron chi connectivity index (χ3n) is 2.37. The lowest BCUT2D eigenvalue weighted by Gasteiger charge is -2.19. The molecule has 2 rings (SSSR count). The molecule has 0 spiro atoms. The van der Waals surface area contributed by atoms with Gasteiger partial charge in [0.2, 0.25) is 0 Å². The summed E-state index contributed by atoms with van der Waals surface area (Å²) in [6.07, 6.45) is 1.13. The van der Waals surface area contributed by atoms with Crippen LogP contribution in [0.1, 0.15) is 13.8 Å². The summed E-state index contributed by atoms with van der Waals surface area (Å²) < 4.78 is 8.19. The van der Waals surface area contributed by atoms with Crippen LogP contribution in [0.4, 0.5) is 10.5 Å². The molecule has 2 aromatic rings. The molecular weight excluding hydrogens is 310 g/mol. The van der Waals surface area contributed by atoms with Crippen molar-refractivity contribution in [2.75, 3.05) is 15.8 Å². The third-order valence-corrected chi connectivity index (χ3v) is 3.74. The van der Waals surface area contributed by atoms with Crippen LogP contribution in [0.25, 0.3) is 5.69 Å². The number of amides is 1. The monoisotopic (exact) mass is 325 g/mol. The van der Waals surface area contributed by atoms with Gasteiger partial charge in [-0.15, -0.1) is 5.10 Å². The molecule has 0 atom stereocenters. The molecule has 1 aromatic carbocycles. The van der Waals surface area contributed by atoms with Gasteiger partial charge < -0.3 is 4.18 Å². The van der Waals surface area contributed by atoms with Gasteiger partial charge in [0.25, 0.3) is 0 Å². The maximum absolute atomic E-state index is 12.0. The van der Waals surface area contributed by atoms with E-state index < -0.39 is 0 Å². The second kappa shape index (κ2) is 7.89. The second-order valence-electron chi connectivity index (χ2n) is 3.74. The van der Waals surface area contributed by atoms with Gasteiger partial charge in [0.05, 0.1) is 23.4 Å². The number of rotatable bonds is 6. The van der Waals surface area contributed by atoms with E-state index in [2.05, 4.69) is 15.5 Å². The molecule has 0 aliphatic rings. The summed E-state index contributed by atoms with van der Waals surface area (Å²) in [6.45, 7) is 3.91. The first-order chi connectivity index (χ1) is 10.3. The van der Waals surface area contributed by atoms with Crippen molar-refractivity contribution in [1.82, 2.24) is 20.2 Å². The Labute approximate surface area is 131 Å². The number of tetrazole rings is 1. The minimum atomic E-state index is -0.385. The van der Waals surface area contributed by atoms with Gasteiger partial charge in [-0.1, -0.05) is 13.8 Å². The molecule has 0 radical (unpaired) electrons. The van der Waals surface area contributed by atoms with E-state index in [-0.39, 0.29) is 6.09 Å². The van der Waals surface area contributed by atoms with Crippen molar-refractivity contribution in [3.05, 3.63) is 30.6 Å². The first kappa shape index (κ1) is 15.6. The molecule has 9 heteroatoms. The van der Waals surface area contributed by atoms with Crippen molar-refractivity contribution in [1.29, 1.82) is 0 Å². The summed E-state index contributed by atoms with van der Waals surface area (Å²) in [7, 11) is 0. The van der Waals surface area contributed by atoms with E-state index in [0.717, 1.165) is 29.2 Å². The predicted molar refractivity (Wildman–Crippen MR) is 84.4 cm³/mol. The summed E-state index contributed by atoms with van der Waals surface area (Å²) in [5.41, 5.74) is 1.57. The first-order valence-electron chi connectivity index (χ1n) is 6.36. The number of anilines is 1. The maximum Gasteiger partial charge on any atom is 0.436 e. The fraction of sp³-hybridized carbons (Fsp3) is 0.333. The number of hydrogen-bond donors (Lipinski definition) is 0. The normalized spacial score (nSPS) is 10.4. The molecule has 21 heavy (non-hydrogen) atoms. The van der Waals surface area contributed by atoms with Crippen molar-refractivity contribution in [3.8, 4) is 5.69 Å². The lowest BCUT2D eigenvalue weighted by molar-refractivity contribution is 0.220. The number of nitrogens with zero attached hydrogens (tertiary/aromatic N) is 5. The Hall–Kier alpha value is -1.74. The van der Waals surface area contributed by atoms with Crippen molar-refractivity contribution in [2.24, 2.45) is 0 Å². The second-order valence-corrected chi connectivity index (χ2v) is 5.92. The molecule has 0 unspecified atom stereocenters. The quantitative estimate of drug-likeness (QED) is 0.597. The molecule has 0 fully saturated rings. The number of carbonyl (C=O) groups excluding carboxylic acids is 1. The summed E-state index contributed by atoms with van der Waals surface area (Å²) in [4.78, 5) is 12.0. The van der Waals surface area contributed by atoms with E-state index in [9.17, 15) is 4.79 Å². The van der Waals surface area contributed by atoms with Crippen LogP contribution in [0.3, 0.4) is 0 Å². The average Bonchev–Trinajstić information content (AvgIpc) is 3.05. The number of hydrogen-bond acceptors (Lipinski definition) is 7. The summed E-state index contributed by atoms with van der Waals surface area (Å²) >= 11 is 2.52. The zero-order valence-corrected chi connectivity index (χ0v) is 13.3. The molecule has 0 saturated carbocycles. The van der Waals surface area contributed by atoms with Crippen LogP contribution in [-0.2, 0) is 4.18 Å². The Morgan fingerprint density at radius 1 is 1.29 bits per heavy atom.